The van der Waals surface area contributed by atoms with Gasteiger partial charge in [-0.2, -0.15) is 0 Å². The number of hydrogen-bond donors (Lipinski definition) is 2. The quantitative estimate of drug-likeness (QED) is 0.833. The molecule has 0 aliphatic carbocycles. The molecule has 0 unspecified atom stereocenters. The van der Waals surface area contributed by atoms with Gasteiger partial charge in [-0.3, -0.25) is 4.79 Å². The number of nitrogens with one attached hydrogen (secondary N) is 1. The average Bonchev–Trinajstić information content (AvgIpc) is 2.46. The van der Waals surface area contributed by atoms with Gasteiger partial charge < -0.3 is 16.0 Å². The van der Waals surface area contributed by atoms with Crippen LogP contribution in [0.1, 0.15) is 15.9 Å². The summed E-state index contributed by atoms with van der Waals surface area (Å²) < 4.78 is 1.05. The normalized spacial score (nSPS) is 10.2. The van der Waals surface area contributed by atoms with E-state index in [1.54, 1.807) is 26.2 Å². The molecule has 0 aliphatic rings. The third-order valence-corrected chi connectivity index (χ3v) is 3.63. The maximum Gasteiger partial charge on any atom is 0.253 e. The molecule has 2 aromatic rings. The summed E-state index contributed by atoms with van der Waals surface area (Å²) in [7, 11) is 3.44. The fourth-order valence-corrected chi connectivity index (χ4v) is 2.18. The molecule has 110 valence electrons. The second-order valence-corrected chi connectivity index (χ2v) is 5.90. The van der Waals surface area contributed by atoms with Crippen LogP contribution < -0.4 is 11.1 Å². The molecule has 2 rings (SSSR count). The van der Waals surface area contributed by atoms with E-state index in [0.717, 1.165) is 15.7 Å². The zero-order valence-corrected chi connectivity index (χ0v) is 13.6. The van der Waals surface area contributed by atoms with Crippen molar-refractivity contribution in [2.75, 3.05) is 25.1 Å². The Morgan fingerprint density at radius 1 is 1.19 bits per heavy atom. The molecule has 0 spiro atoms. The second-order valence-electron chi connectivity index (χ2n) is 4.98. The number of amides is 1. The topological polar surface area (TPSA) is 58.4 Å². The van der Waals surface area contributed by atoms with Gasteiger partial charge in [0.2, 0.25) is 0 Å². The van der Waals surface area contributed by atoms with Gasteiger partial charge in [0.15, 0.2) is 0 Å². The average molecular weight is 348 g/mol. The summed E-state index contributed by atoms with van der Waals surface area (Å²) in [5.41, 5.74) is 9.15. The Morgan fingerprint density at radius 3 is 2.43 bits per heavy atom. The SMILES string of the molecule is CN(C)C(=O)c1ccc(NCc2ccc(Br)cc2)c(N)c1. The molecule has 0 saturated heterocycles. The summed E-state index contributed by atoms with van der Waals surface area (Å²) in [5.74, 6) is -0.0545. The van der Waals surface area contributed by atoms with Crippen LogP contribution in [0.15, 0.2) is 46.9 Å². The molecule has 0 fully saturated rings. The number of carbonyl (C=O) groups is 1. The minimum absolute atomic E-state index is 0.0545. The molecule has 0 heterocycles. The Balaban J connectivity index is 2.07. The van der Waals surface area contributed by atoms with E-state index in [4.69, 9.17) is 5.73 Å². The second kappa shape index (κ2) is 6.63. The van der Waals surface area contributed by atoms with Crippen LogP contribution in [0, 0.1) is 0 Å². The van der Waals surface area contributed by atoms with Crippen molar-refractivity contribution in [3.05, 3.63) is 58.1 Å². The van der Waals surface area contributed by atoms with Gasteiger partial charge in [0.25, 0.3) is 5.91 Å². The van der Waals surface area contributed by atoms with Gasteiger partial charge in [-0.15, -0.1) is 0 Å². The van der Waals surface area contributed by atoms with Crippen molar-refractivity contribution in [1.29, 1.82) is 0 Å². The minimum atomic E-state index is -0.0545. The van der Waals surface area contributed by atoms with Crippen LogP contribution in [-0.2, 0) is 6.54 Å². The molecule has 0 bridgehead atoms. The van der Waals surface area contributed by atoms with Crippen LogP contribution >= 0.6 is 15.9 Å². The van der Waals surface area contributed by atoms with Gasteiger partial charge in [-0.25, -0.2) is 0 Å². The first-order valence-electron chi connectivity index (χ1n) is 6.57. The van der Waals surface area contributed by atoms with Gasteiger partial charge in [-0.05, 0) is 35.9 Å². The van der Waals surface area contributed by atoms with E-state index in [-0.39, 0.29) is 5.91 Å². The van der Waals surface area contributed by atoms with Crippen LogP contribution in [-0.4, -0.2) is 24.9 Å². The summed E-state index contributed by atoms with van der Waals surface area (Å²) in [4.78, 5) is 13.4. The lowest BCUT2D eigenvalue weighted by Gasteiger charge is -2.13. The maximum atomic E-state index is 11.9. The number of anilines is 2. The minimum Gasteiger partial charge on any atom is -0.397 e. The molecule has 0 radical (unpaired) electrons. The Hall–Kier alpha value is -2.01. The van der Waals surface area contributed by atoms with E-state index < -0.39 is 0 Å². The summed E-state index contributed by atoms with van der Waals surface area (Å²) in [6.07, 6.45) is 0. The van der Waals surface area contributed by atoms with E-state index in [9.17, 15) is 4.79 Å². The van der Waals surface area contributed by atoms with Crippen molar-refractivity contribution in [3.8, 4) is 0 Å². The molecule has 0 saturated carbocycles. The highest BCUT2D eigenvalue weighted by molar-refractivity contribution is 9.10. The number of nitrogen functional groups attached to an aromatic ring is 1. The lowest BCUT2D eigenvalue weighted by atomic mass is 10.1. The molecule has 0 atom stereocenters. The first-order valence-corrected chi connectivity index (χ1v) is 7.36. The number of hydrogen-bond acceptors (Lipinski definition) is 3. The van der Waals surface area contributed by atoms with Gasteiger partial charge in [0.1, 0.15) is 0 Å². The molecular formula is C16H18BrN3O. The summed E-state index contributed by atoms with van der Waals surface area (Å²) in [6.45, 7) is 0.679. The predicted molar refractivity (Wildman–Crippen MR) is 90.3 cm³/mol. The lowest BCUT2D eigenvalue weighted by Crippen LogP contribution is -2.21. The summed E-state index contributed by atoms with van der Waals surface area (Å²) in [5, 5.41) is 3.28. The fraction of sp³-hybridized carbons (Fsp3) is 0.188. The molecule has 21 heavy (non-hydrogen) atoms. The molecule has 1 amide bonds. The number of carbonyl (C=O) groups excluding carboxylic acids is 1. The van der Waals surface area contributed by atoms with Crippen LogP contribution in [0.3, 0.4) is 0 Å². The Labute approximate surface area is 133 Å². The van der Waals surface area contributed by atoms with Crippen LogP contribution in [0.4, 0.5) is 11.4 Å². The van der Waals surface area contributed by atoms with Gasteiger partial charge >= 0.3 is 0 Å². The number of nitrogens with zero attached hydrogens (tertiary/aromatic N) is 1. The monoisotopic (exact) mass is 347 g/mol. The third kappa shape index (κ3) is 3.98. The van der Waals surface area contributed by atoms with Crippen molar-refractivity contribution >= 4 is 33.2 Å². The van der Waals surface area contributed by atoms with Crippen molar-refractivity contribution in [3.63, 3.8) is 0 Å². The van der Waals surface area contributed by atoms with E-state index >= 15 is 0 Å². The van der Waals surface area contributed by atoms with Crippen molar-refractivity contribution < 1.29 is 4.79 Å². The maximum absolute atomic E-state index is 11.9. The Morgan fingerprint density at radius 2 is 1.86 bits per heavy atom. The highest BCUT2D eigenvalue weighted by atomic mass is 79.9. The van der Waals surface area contributed by atoms with Crippen LogP contribution in [0.2, 0.25) is 0 Å². The van der Waals surface area contributed by atoms with Crippen molar-refractivity contribution in [1.82, 2.24) is 4.90 Å². The van der Waals surface area contributed by atoms with E-state index in [0.29, 0.717) is 17.8 Å². The number of halogens is 1. The van der Waals surface area contributed by atoms with E-state index in [1.165, 1.54) is 4.90 Å². The number of benzene rings is 2. The number of nitrogens with two attached hydrogens (primary N) is 1. The van der Waals surface area contributed by atoms with Crippen LogP contribution in [0.25, 0.3) is 0 Å². The zero-order chi connectivity index (χ0) is 15.4. The van der Waals surface area contributed by atoms with E-state index in [2.05, 4.69) is 21.2 Å². The van der Waals surface area contributed by atoms with Gasteiger partial charge in [0, 0.05) is 30.7 Å². The molecule has 0 aliphatic heterocycles. The molecular weight excluding hydrogens is 330 g/mol. The number of rotatable bonds is 4. The fourth-order valence-electron chi connectivity index (χ4n) is 1.91. The standard InChI is InChI=1S/C16H18BrN3O/c1-20(2)16(21)12-5-8-15(14(18)9-12)19-10-11-3-6-13(17)7-4-11/h3-9,19H,10,18H2,1-2H3. The van der Waals surface area contributed by atoms with E-state index in [1.807, 2.05) is 30.3 Å². The van der Waals surface area contributed by atoms with Gasteiger partial charge in [0.05, 0.1) is 11.4 Å². The lowest BCUT2D eigenvalue weighted by molar-refractivity contribution is 0.0827. The van der Waals surface area contributed by atoms with Crippen molar-refractivity contribution in [2.24, 2.45) is 0 Å². The third-order valence-electron chi connectivity index (χ3n) is 3.10. The van der Waals surface area contributed by atoms with Crippen molar-refractivity contribution in [2.45, 2.75) is 6.54 Å². The van der Waals surface area contributed by atoms with Crippen LogP contribution in [0.5, 0.6) is 0 Å². The largest absolute Gasteiger partial charge is 0.397 e. The molecule has 3 N–H and O–H groups in total. The smallest absolute Gasteiger partial charge is 0.253 e. The molecule has 4 nitrogen and oxygen atoms in total. The zero-order valence-electron chi connectivity index (χ0n) is 12.1. The first kappa shape index (κ1) is 15.4. The first-order chi connectivity index (χ1) is 9.97. The summed E-state index contributed by atoms with van der Waals surface area (Å²) >= 11 is 3.41. The molecule has 2 aromatic carbocycles. The van der Waals surface area contributed by atoms with Gasteiger partial charge in [-0.1, -0.05) is 28.1 Å². The summed E-state index contributed by atoms with van der Waals surface area (Å²) in [6, 6.07) is 13.4. The molecule has 0 aromatic heterocycles. The highest BCUT2D eigenvalue weighted by Gasteiger charge is 2.09. The highest BCUT2D eigenvalue weighted by Crippen LogP contribution is 2.21. The Kier molecular flexibility index (Phi) is 4.85. The molecule has 5 heteroatoms. The predicted octanol–water partition coefficient (Wildman–Crippen LogP) is 3.35. The Bertz CT molecular complexity index is 638.